The maximum absolute atomic E-state index is 15.9. The molecule has 0 spiro atoms. The van der Waals surface area contributed by atoms with E-state index >= 15 is 4.39 Å². The molecule has 4 aromatic rings. The Hall–Kier alpha value is -3.28. The molecule has 0 aliphatic carbocycles. The number of halogens is 1. The van der Waals surface area contributed by atoms with Gasteiger partial charge in [-0.2, -0.15) is 18.1 Å². The van der Waals surface area contributed by atoms with Gasteiger partial charge in [0.25, 0.3) is 5.56 Å². The fraction of sp³-hybridized carbons (Fsp3) is 0.500. The summed E-state index contributed by atoms with van der Waals surface area (Å²) in [6, 6.07) is 0. The summed E-state index contributed by atoms with van der Waals surface area (Å²) in [4.78, 5) is 34.7. The third-order valence-corrected chi connectivity index (χ3v) is 9.82. The molecule has 3 fully saturated rings. The number of imidazole rings is 2. The van der Waals surface area contributed by atoms with Crippen LogP contribution in [0.25, 0.3) is 22.3 Å². The molecule has 8 atom stereocenters. The number of nitrogens with zero attached hydrogens (tertiary/aromatic N) is 7. The van der Waals surface area contributed by atoms with E-state index in [1.165, 1.54) is 21.8 Å². The van der Waals surface area contributed by atoms with E-state index in [1.54, 1.807) is 0 Å². The summed E-state index contributed by atoms with van der Waals surface area (Å²) < 4.78 is 88.4. The topological polar surface area (TPSA) is 269 Å². The molecule has 20 nitrogen and oxygen atoms in total. The van der Waals surface area contributed by atoms with Gasteiger partial charge in [-0.05, 0) is 0 Å². The molecule has 236 valence electrons. The number of nitrogens with two attached hydrogens (primary N) is 2. The molecule has 0 unspecified atom stereocenters. The summed E-state index contributed by atoms with van der Waals surface area (Å²) in [7, 11) is -4.57. The molecule has 3 saturated heterocycles. The number of thiol groups is 1. The van der Waals surface area contributed by atoms with Crippen molar-refractivity contribution >= 4 is 63.4 Å². The van der Waals surface area contributed by atoms with E-state index in [0.29, 0.717) is 0 Å². The lowest BCUT2D eigenvalue weighted by atomic mass is 10.1. The molecule has 7 rings (SSSR count). The number of nitrogen functional groups attached to an aromatic ring is 2. The molecule has 3 aliphatic rings. The smallest absolute Gasteiger partial charge is 0.382 e. The second-order valence-electron chi connectivity index (χ2n) is 10.0. The van der Waals surface area contributed by atoms with Gasteiger partial charge in [-0.1, -0.05) is 12.2 Å². The normalized spacial score (nSPS) is 34.4. The third kappa shape index (κ3) is 5.22. The van der Waals surface area contributed by atoms with Crippen molar-refractivity contribution in [2.24, 2.45) is 0 Å². The van der Waals surface area contributed by atoms with Crippen molar-refractivity contribution in [2.45, 2.75) is 49.5 Å². The lowest BCUT2D eigenvalue weighted by molar-refractivity contribution is -0.0439. The summed E-state index contributed by atoms with van der Waals surface area (Å²) in [6.45, 7) is -5.30. The first-order chi connectivity index (χ1) is 20.9. The molecule has 6 N–H and O–H groups in total. The summed E-state index contributed by atoms with van der Waals surface area (Å²) >= 11 is 4.02. The molecule has 0 amide bonds. The first-order valence-electron chi connectivity index (χ1n) is 12.8. The predicted molar refractivity (Wildman–Crippen MR) is 149 cm³/mol. The zero-order valence-corrected chi connectivity index (χ0v) is 24.6. The van der Waals surface area contributed by atoms with Gasteiger partial charge < -0.3 is 20.9 Å². The Morgan fingerprint density at radius 1 is 1.05 bits per heavy atom. The zero-order valence-electron chi connectivity index (χ0n) is 22.0. The number of aromatic nitrogens is 8. The van der Waals surface area contributed by atoms with E-state index < -0.39 is 78.9 Å². The molecule has 0 saturated carbocycles. The molecule has 44 heavy (non-hydrogen) atoms. The predicted octanol–water partition coefficient (Wildman–Crippen LogP) is -0.680. The van der Waals surface area contributed by atoms with Crippen LogP contribution in [0.3, 0.4) is 0 Å². The molecule has 0 radical (unpaired) electrons. The van der Waals surface area contributed by atoms with Crippen LogP contribution in [0.4, 0.5) is 16.2 Å². The average Bonchev–Trinajstić information content (AvgIpc) is 3.72. The Kier molecular flexibility index (Phi) is 7.13. The van der Waals surface area contributed by atoms with Gasteiger partial charge in [-0.3, -0.25) is 28.0 Å². The average molecular weight is 676 g/mol. The summed E-state index contributed by atoms with van der Waals surface area (Å²) in [5, 5.41) is 0. The van der Waals surface area contributed by atoms with Gasteiger partial charge in [0, 0.05) is 13.0 Å². The van der Waals surface area contributed by atoms with Crippen LogP contribution in [-0.2, 0) is 37.6 Å². The van der Waals surface area contributed by atoms with E-state index in [0.717, 1.165) is 6.33 Å². The van der Waals surface area contributed by atoms with Gasteiger partial charge in [0.1, 0.15) is 30.2 Å². The zero-order chi connectivity index (χ0) is 31.0. The van der Waals surface area contributed by atoms with Crippen molar-refractivity contribution < 1.29 is 40.1 Å². The quantitative estimate of drug-likeness (QED) is 0.130. The van der Waals surface area contributed by atoms with Crippen LogP contribution in [0, 0.1) is 0 Å². The second-order valence-corrected chi connectivity index (χ2v) is 14.3. The second kappa shape index (κ2) is 10.7. The molecular formula is C20H23FN11O9PS2. The molecule has 4 aromatic heterocycles. The van der Waals surface area contributed by atoms with Crippen LogP contribution in [0.15, 0.2) is 23.8 Å². The molecule has 3 aliphatic heterocycles. The Labute approximate surface area is 250 Å². The number of hydrogen-bond donors (Lipinski definition) is 5. The van der Waals surface area contributed by atoms with Crippen molar-refractivity contribution in [3.63, 3.8) is 0 Å². The van der Waals surface area contributed by atoms with Gasteiger partial charge in [0.05, 0.1) is 25.4 Å². The number of fused-ring (bicyclic) bond motifs is 5. The van der Waals surface area contributed by atoms with E-state index in [-0.39, 0.29) is 40.5 Å². The van der Waals surface area contributed by atoms with Crippen molar-refractivity contribution in [1.82, 2.24) is 43.8 Å². The summed E-state index contributed by atoms with van der Waals surface area (Å²) in [5.41, 5.74) is 11.1. The van der Waals surface area contributed by atoms with E-state index in [2.05, 4.69) is 46.9 Å². The molecule has 2 bridgehead atoms. The minimum Gasteiger partial charge on any atom is -0.382 e. The number of anilines is 2. The molecule has 0 aromatic carbocycles. The number of hydrogen-bond acceptors (Lipinski definition) is 16. The van der Waals surface area contributed by atoms with Crippen LogP contribution in [-0.4, -0.2) is 91.2 Å². The summed E-state index contributed by atoms with van der Waals surface area (Å²) in [5.74, 6) is -0.164. The maximum Gasteiger partial charge on any atom is 0.386 e. The van der Waals surface area contributed by atoms with Crippen LogP contribution < -0.4 is 21.7 Å². The van der Waals surface area contributed by atoms with Crippen LogP contribution >= 0.6 is 19.0 Å². The number of H-pyrrole nitrogens is 1. The fourth-order valence-corrected chi connectivity index (χ4v) is 7.73. The first-order valence-corrected chi connectivity index (χ1v) is 16.9. The molecule has 7 heterocycles. The number of aromatic amines is 1. The third-order valence-electron chi connectivity index (χ3n) is 7.19. The van der Waals surface area contributed by atoms with Gasteiger partial charge in [-0.25, -0.2) is 33.1 Å². The van der Waals surface area contributed by atoms with Crippen LogP contribution in [0.5, 0.6) is 0 Å². The number of ether oxygens (including phenoxy) is 2. The Balaban J connectivity index is 1.19. The van der Waals surface area contributed by atoms with Gasteiger partial charge >= 0.3 is 17.1 Å². The summed E-state index contributed by atoms with van der Waals surface area (Å²) in [6.07, 6.45) is -6.28. The van der Waals surface area contributed by atoms with E-state index in [1.807, 2.05) is 0 Å². The van der Waals surface area contributed by atoms with Crippen LogP contribution in [0.2, 0.25) is 0 Å². The highest BCUT2D eigenvalue weighted by Crippen LogP contribution is 2.57. The lowest BCUT2D eigenvalue weighted by Gasteiger charge is -2.24. The number of nitrogens with one attached hydrogen (secondary N) is 2. The highest BCUT2D eigenvalue weighted by molar-refractivity contribution is 8.44. The van der Waals surface area contributed by atoms with Gasteiger partial charge in [0.15, 0.2) is 41.3 Å². The lowest BCUT2D eigenvalue weighted by Crippen LogP contribution is -2.41. The minimum absolute atomic E-state index is 0.00220. The highest BCUT2D eigenvalue weighted by Gasteiger charge is 2.51. The first kappa shape index (κ1) is 29.4. The van der Waals surface area contributed by atoms with Crippen molar-refractivity contribution in [3.05, 3.63) is 29.3 Å². The van der Waals surface area contributed by atoms with E-state index in [4.69, 9.17) is 34.2 Å². The minimum atomic E-state index is -4.57. The maximum atomic E-state index is 15.9. The Morgan fingerprint density at radius 2 is 1.80 bits per heavy atom. The fourth-order valence-electron chi connectivity index (χ4n) is 5.29. The van der Waals surface area contributed by atoms with Crippen molar-refractivity contribution in [2.75, 3.05) is 24.6 Å². The molecular weight excluding hydrogens is 652 g/mol. The van der Waals surface area contributed by atoms with Gasteiger partial charge in [-0.15, -0.1) is 0 Å². The Morgan fingerprint density at radius 3 is 2.59 bits per heavy atom. The Bertz CT molecular complexity index is 1980. The van der Waals surface area contributed by atoms with Crippen molar-refractivity contribution in [1.29, 1.82) is 0 Å². The van der Waals surface area contributed by atoms with E-state index in [9.17, 15) is 17.8 Å². The molecule has 24 heteroatoms. The number of alkyl halides is 1. The number of rotatable bonds is 2. The van der Waals surface area contributed by atoms with Crippen LogP contribution in [0.1, 0.15) is 18.9 Å². The van der Waals surface area contributed by atoms with Gasteiger partial charge in [0.2, 0.25) is 5.95 Å². The highest BCUT2D eigenvalue weighted by atomic mass is 32.7. The monoisotopic (exact) mass is 675 g/mol. The standard InChI is InChI=1S/C20H23FN11O9PS2/c21-10-13-9(39-19(10)31-5-26-11-14(22)24-4-25-15(11)31)2-28-44(35,36)41-8-1-7(3-37-42(34,43)40-13)38-18(8)32-6-27-12-16(32)29-20(23)30-17(12)33/h4-10,13,18-19,28H,1-3H2,(H,34,43)(H2,22,24,25)(H3,23,29,30,33)/t7-,8+,9+,10+,13+,18+,19+,42-/m0/s1. The largest absolute Gasteiger partial charge is 0.386 e. The van der Waals surface area contributed by atoms with Crippen molar-refractivity contribution in [3.8, 4) is 0 Å². The SMILES string of the molecule is Nc1nc2c(ncn2[C@@H]2O[C@@H]3CO[P@](=O)(S)O[C@H]4[C@@H](F)[C@H](n5cnc6c(N)ncnc65)O[C@@H]4CNS(=O)(=O)O[C@@H]2C3)c(=O)[nH]1.